The molecule has 1 atom stereocenters. The summed E-state index contributed by atoms with van der Waals surface area (Å²) in [5, 5.41) is 0. The van der Waals surface area contributed by atoms with Crippen LogP contribution in [-0.2, 0) is 0 Å². The van der Waals surface area contributed by atoms with Crippen LogP contribution in [0, 0.1) is 13.8 Å². The topological polar surface area (TPSA) is 54.3 Å². The predicted molar refractivity (Wildman–Crippen MR) is 114 cm³/mol. The summed E-state index contributed by atoms with van der Waals surface area (Å²) in [5.74, 6) is 0.840. The number of rotatable bonds is 4. The van der Waals surface area contributed by atoms with Crippen molar-refractivity contribution < 1.29 is 4.79 Å². The lowest BCUT2D eigenvalue weighted by Crippen LogP contribution is -2.49. The smallest absolute Gasteiger partial charge is 0.255 e. The van der Waals surface area contributed by atoms with Gasteiger partial charge >= 0.3 is 0 Å². The number of piperazine rings is 1. The van der Waals surface area contributed by atoms with Gasteiger partial charge in [0.15, 0.2) is 0 Å². The number of benzene rings is 1. The number of hydrogen-bond acceptors (Lipinski definition) is 4. The molecule has 150 valence electrons. The molecule has 1 aliphatic rings. The number of amides is 1. The molecule has 0 bridgehead atoms. The van der Waals surface area contributed by atoms with E-state index in [1.54, 1.807) is 12.4 Å². The van der Waals surface area contributed by atoms with Gasteiger partial charge in [-0.15, -0.1) is 0 Å². The first-order valence-electron chi connectivity index (χ1n) is 10.1. The average molecular weight is 390 g/mol. The zero-order chi connectivity index (χ0) is 20.4. The molecule has 2 aromatic heterocycles. The molecule has 0 unspecified atom stereocenters. The Bertz CT molecular complexity index is 975. The Labute approximate surface area is 171 Å². The van der Waals surface area contributed by atoms with Crippen molar-refractivity contribution >= 4 is 11.9 Å². The Kier molecular flexibility index (Phi) is 5.34. The number of anilines is 1. The van der Waals surface area contributed by atoms with Crippen LogP contribution < -0.4 is 4.90 Å². The van der Waals surface area contributed by atoms with E-state index in [9.17, 15) is 4.79 Å². The normalized spacial score (nSPS) is 15.4. The standard InChI is InChI=1S/C23H27N5O/c1-17-16-21(19(3)28(17)18(2)20-8-5-4-6-9-20)22(29)26-12-14-27(15-13-26)23-24-10-7-11-25-23/h4-11,16,18H,12-15H2,1-3H3/t18-/m0/s1. The van der Waals surface area contributed by atoms with Gasteiger partial charge in [-0.3, -0.25) is 4.79 Å². The van der Waals surface area contributed by atoms with Crippen molar-refractivity contribution in [2.75, 3.05) is 31.1 Å². The monoisotopic (exact) mass is 389 g/mol. The SMILES string of the molecule is Cc1cc(C(=O)N2CCN(c3ncccn3)CC2)c(C)n1[C@@H](C)c1ccccc1. The van der Waals surface area contributed by atoms with E-state index in [1.165, 1.54) is 5.56 Å². The fraction of sp³-hybridized carbons (Fsp3) is 0.348. The molecule has 3 aromatic rings. The summed E-state index contributed by atoms with van der Waals surface area (Å²) in [6.07, 6.45) is 3.51. The maximum absolute atomic E-state index is 13.3. The van der Waals surface area contributed by atoms with Gasteiger partial charge in [-0.1, -0.05) is 30.3 Å². The minimum atomic E-state index is 0.109. The van der Waals surface area contributed by atoms with E-state index in [0.717, 1.165) is 36.0 Å². The number of hydrogen-bond donors (Lipinski definition) is 0. The molecule has 1 amide bonds. The molecule has 0 N–H and O–H groups in total. The summed E-state index contributed by atoms with van der Waals surface area (Å²) in [6, 6.07) is 14.4. The molecule has 1 saturated heterocycles. The maximum atomic E-state index is 13.3. The van der Waals surface area contributed by atoms with Crippen molar-refractivity contribution in [2.45, 2.75) is 26.8 Å². The van der Waals surface area contributed by atoms with Crippen LogP contribution >= 0.6 is 0 Å². The van der Waals surface area contributed by atoms with Crippen LogP contribution in [0.25, 0.3) is 0 Å². The van der Waals surface area contributed by atoms with Crippen LogP contribution in [0.2, 0.25) is 0 Å². The summed E-state index contributed by atoms with van der Waals surface area (Å²) < 4.78 is 2.26. The van der Waals surface area contributed by atoms with Gasteiger partial charge in [-0.25, -0.2) is 9.97 Å². The van der Waals surface area contributed by atoms with E-state index in [-0.39, 0.29) is 11.9 Å². The van der Waals surface area contributed by atoms with E-state index >= 15 is 0 Å². The highest BCUT2D eigenvalue weighted by molar-refractivity contribution is 5.96. The third kappa shape index (κ3) is 3.75. The summed E-state index contributed by atoms with van der Waals surface area (Å²) in [7, 11) is 0. The molecule has 6 nitrogen and oxygen atoms in total. The van der Waals surface area contributed by atoms with Crippen molar-refractivity contribution in [2.24, 2.45) is 0 Å². The van der Waals surface area contributed by atoms with Gasteiger partial charge in [0.05, 0.1) is 11.6 Å². The van der Waals surface area contributed by atoms with Gasteiger partial charge in [0.2, 0.25) is 5.95 Å². The second-order valence-corrected chi connectivity index (χ2v) is 7.57. The number of aryl methyl sites for hydroxylation is 1. The molecule has 29 heavy (non-hydrogen) atoms. The van der Waals surface area contributed by atoms with Gasteiger partial charge < -0.3 is 14.4 Å². The Morgan fingerprint density at radius 1 is 0.966 bits per heavy atom. The molecule has 1 aliphatic heterocycles. The van der Waals surface area contributed by atoms with Crippen LogP contribution in [-0.4, -0.2) is 51.5 Å². The third-order valence-corrected chi connectivity index (χ3v) is 5.79. The molecule has 0 saturated carbocycles. The van der Waals surface area contributed by atoms with Crippen molar-refractivity contribution in [3.05, 3.63) is 77.4 Å². The van der Waals surface area contributed by atoms with Crippen molar-refractivity contribution in [3.8, 4) is 0 Å². The minimum Gasteiger partial charge on any atom is -0.341 e. The molecular weight excluding hydrogens is 362 g/mol. The van der Waals surface area contributed by atoms with E-state index in [2.05, 4.69) is 57.5 Å². The van der Waals surface area contributed by atoms with Crippen LogP contribution in [0.1, 0.15) is 40.3 Å². The molecule has 1 fully saturated rings. The zero-order valence-electron chi connectivity index (χ0n) is 17.2. The highest BCUT2D eigenvalue weighted by Gasteiger charge is 2.27. The second kappa shape index (κ2) is 8.07. The first-order chi connectivity index (χ1) is 14.1. The van der Waals surface area contributed by atoms with E-state index in [0.29, 0.717) is 13.1 Å². The predicted octanol–water partition coefficient (Wildman–Crippen LogP) is 3.47. The van der Waals surface area contributed by atoms with Crippen LogP contribution in [0.5, 0.6) is 0 Å². The molecule has 3 heterocycles. The van der Waals surface area contributed by atoms with Crippen LogP contribution in [0.3, 0.4) is 0 Å². The van der Waals surface area contributed by atoms with Crippen molar-refractivity contribution in [3.63, 3.8) is 0 Å². The van der Waals surface area contributed by atoms with Gasteiger partial charge in [0, 0.05) is 50.0 Å². The molecule has 4 rings (SSSR count). The number of nitrogens with zero attached hydrogens (tertiary/aromatic N) is 5. The summed E-state index contributed by atoms with van der Waals surface area (Å²) in [4.78, 5) is 26.0. The van der Waals surface area contributed by atoms with Crippen molar-refractivity contribution in [1.29, 1.82) is 0 Å². The number of aromatic nitrogens is 3. The molecule has 0 aliphatic carbocycles. The maximum Gasteiger partial charge on any atom is 0.255 e. The Morgan fingerprint density at radius 3 is 2.28 bits per heavy atom. The zero-order valence-corrected chi connectivity index (χ0v) is 17.2. The van der Waals surface area contributed by atoms with Crippen molar-refractivity contribution in [1.82, 2.24) is 19.4 Å². The highest BCUT2D eigenvalue weighted by atomic mass is 16.2. The lowest BCUT2D eigenvalue weighted by Gasteiger charge is -2.34. The molecule has 0 radical (unpaired) electrons. The van der Waals surface area contributed by atoms with E-state index in [4.69, 9.17) is 0 Å². The molecule has 0 spiro atoms. The lowest BCUT2D eigenvalue weighted by atomic mass is 10.1. The van der Waals surface area contributed by atoms with Gasteiger partial charge in [0.25, 0.3) is 5.91 Å². The number of carbonyl (C=O) groups is 1. The summed E-state index contributed by atoms with van der Waals surface area (Å²) in [6.45, 7) is 9.15. The van der Waals surface area contributed by atoms with Crippen LogP contribution in [0.4, 0.5) is 5.95 Å². The third-order valence-electron chi connectivity index (χ3n) is 5.79. The fourth-order valence-electron chi connectivity index (χ4n) is 4.20. The Hall–Kier alpha value is -3.15. The Morgan fingerprint density at radius 2 is 1.62 bits per heavy atom. The average Bonchev–Trinajstić information content (AvgIpc) is 3.08. The first kappa shape index (κ1) is 19.2. The van der Waals surface area contributed by atoms with Crippen LogP contribution in [0.15, 0.2) is 54.9 Å². The Balaban J connectivity index is 1.50. The molecule has 6 heteroatoms. The quantitative estimate of drug-likeness (QED) is 0.686. The summed E-state index contributed by atoms with van der Waals surface area (Å²) in [5.41, 5.74) is 4.18. The second-order valence-electron chi connectivity index (χ2n) is 7.57. The number of carbonyl (C=O) groups excluding carboxylic acids is 1. The molecular formula is C23H27N5O. The largest absolute Gasteiger partial charge is 0.341 e. The van der Waals surface area contributed by atoms with Gasteiger partial charge in [0.1, 0.15) is 0 Å². The fourth-order valence-corrected chi connectivity index (χ4v) is 4.20. The lowest BCUT2D eigenvalue weighted by molar-refractivity contribution is 0.0745. The minimum absolute atomic E-state index is 0.109. The van der Waals surface area contributed by atoms with Gasteiger partial charge in [-0.2, -0.15) is 0 Å². The first-order valence-corrected chi connectivity index (χ1v) is 10.1. The summed E-state index contributed by atoms with van der Waals surface area (Å²) >= 11 is 0. The van der Waals surface area contributed by atoms with E-state index < -0.39 is 0 Å². The highest BCUT2D eigenvalue weighted by Crippen LogP contribution is 2.26. The van der Waals surface area contributed by atoms with Gasteiger partial charge in [-0.05, 0) is 38.5 Å². The van der Waals surface area contributed by atoms with E-state index in [1.807, 2.05) is 30.0 Å². The molecule has 1 aromatic carbocycles.